The lowest BCUT2D eigenvalue weighted by Gasteiger charge is -2.16. The molecule has 1 aromatic carbocycles. The lowest BCUT2D eigenvalue weighted by atomic mass is 10.2. The zero-order chi connectivity index (χ0) is 16.8. The van der Waals surface area contributed by atoms with Crippen LogP contribution in [-0.2, 0) is 11.2 Å². The predicted octanol–water partition coefficient (Wildman–Crippen LogP) is 2.23. The van der Waals surface area contributed by atoms with E-state index in [0.29, 0.717) is 18.9 Å². The first kappa shape index (κ1) is 17.1. The van der Waals surface area contributed by atoms with Gasteiger partial charge in [0.25, 0.3) is 0 Å². The van der Waals surface area contributed by atoms with E-state index in [0.717, 1.165) is 18.7 Å². The molecule has 1 amide bonds. The number of hydrogen-bond acceptors (Lipinski definition) is 4. The molecule has 0 spiro atoms. The normalized spacial score (nSPS) is 10.8. The van der Waals surface area contributed by atoms with Gasteiger partial charge in [-0.3, -0.25) is 4.79 Å². The summed E-state index contributed by atoms with van der Waals surface area (Å²) >= 11 is 0. The fraction of sp³-hybridized carbons (Fsp3) is 0.375. The standard InChI is InChI=1S/C16H19F2N3O2/c1-19-7-8-21(2)16(22)6-5-15-20-10-14(23-15)12-4-3-11(17)9-13(12)18/h3-4,9-10,19H,5-8H2,1-2H3. The van der Waals surface area contributed by atoms with Crippen molar-refractivity contribution in [2.75, 3.05) is 27.2 Å². The number of oxazole rings is 1. The maximum atomic E-state index is 13.7. The minimum absolute atomic E-state index is 0.0204. The van der Waals surface area contributed by atoms with E-state index in [1.54, 1.807) is 11.9 Å². The molecule has 7 heteroatoms. The Morgan fingerprint density at radius 1 is 1.39 bits per heavy atom. The summed E-state index contributed by atoms with van der Waals surface area (Å²) < 4.78 is 32.0. The molecule has 0 saturated carbocycles. The topological polar surface area (TPSA) is 58.4 Å². The van der Waals surface area contributed by atoms with Crippen LogP contribution in [0, 0.1) is 11.6 Å². The molecule has 0 aliphatic carbocycles. The van der Waals surface area contributed by atoms with Gasteiger partial charge < -0.3 is 14.6 Å². The Labute approximate surface area is 133 Å². The number of rotatable bonds is 7. The van der Waals surface area contributed by atoms with Crippen molar-refractivity contribution in [3.8, 4) is 11.3 Å². The van der Waals surface area contributed by atoms with Gasteiger partial charge in [-0.25, -0.2) is 13.8 Å². The second kappa shape index (κ2) is 7.82. The molecule has 0 aliphatic rings. The fourth-order valence-electron chi connectivity index (χ4n) is 2.05. The zero-order valence-electron chi connectivity index (χ0n) is 13.1. The monoisotopic (exact) mass is 323 g/mol. The van der Waals surface area contributed by atoms with Crippen LogP contribution in [0.4, 0.5) is 8.78 Å². The molecule has 5 nitrogen and oxygen atoms in total. The van der Waals surface area contributed by atoms with Crippen molar-refractivity contribution in [2.24, 2.45) is 0 Å². The van der Waals surface area contributed by atoms with Gasteiger partial charge in [-0.05, 0) is 19.2 Å². The van der Waals surface area contributed by atoms with Gasteiger partial charge in [-0.15, -0.1) is 0 Å². The average Bonchev–Trinajstić information content (AvgIpc) is 2.98. The van der Waals surface area contributed by atoms with Crippen LogP contribution < -0.4 is 5.32 Å². The summed E-state index contributed by atoms with van der Waals surface area (Å²) in [6, 6.07) is 3.24. The molecule has 0 saturated heterocycles. The van der Waals surface area contributed by atoms with E-state index < -0.39 is 11.6 Å². The van der Waals surface area contributed by atoms with Gasteiger partial charge in [0.15, 0.2) is 11.7 Å². The van der Waals surface area contributed by atoms with Gasteiger partial charge in [0, 0.05) is 39.0 Å². The summed E-state index contributed by atoms with van der Waals surface area (Å²) in [6.45, 7) is 1.34. The molecule has 0 aliphatic heterocycles. The number of nitrogens with one attached hydrogen (secondary N) is 1. The molecule has 2 rings (SSSR count). The highest BCUT2D eigenvalue weighted by molar-refractivity contribution is 5.76. The van der Waals surface area contributed by atoms with Crippen LogP contribution in [0.5, 0.6) is 0 Å². The molecule has 0 fully saturated rings. The number of amides is 1. The zero-order valence-corrected chi connectivity index (χ0v) is 13.1. The molecule has 0 bridgehead atoms. The molecule has 124 valence electrons. The number of aromatic nitrogens is 1. The second-order valence-corrected chi connectivity index (χ2v) is 5.16. The lowest BCUT2D eigenvalue weighted by Crippen LogP contribution is -2.32. The molecule has 1 aromatic heterocycles. The summed E-state index contributed by atoms with van der Waals surface area (Å²) in [5, 5.41) is 2.97. The van der Waals surface area contributed by atoms with Crippen LogP contribution in [-0.4, -0.2) is 43.0 Å². The highest BCUT2D eigenvalue weighted by Crippen LogP contribution is 2.24. The van der Waals surface area contributed by atoms with E-state index in [2.05, 4.69) is 10.3 Å². The first-order chi connectivity index (χ1) is 11.0. The van der Waals surface area contributed by atoms with Crippen molar-refractivity contribution in [2.45, 2.75) is 12.8 Å². The number of carbonyl (C=O) groups excluding carboxylic acids is 1. The second-order valence-electron chi connectivity index (χ2n) is 5.16. The van der Waals surface area contributed by atoms with Crippen LogP contribution in [0.25, 0.3) is 11.3 Å². The summed E-state index contributed by atoms with van der Waals surface area (Å²) in [6.07, 6.45) is 1.96. The fourth-order valence-corrected chi connectivity index (χ4v) is 2.05. The molecule has 1 heterocycles. The molecule has 0 radical (unpaired) electrons. The van der Waals surface area contributed by atoms with Crippen LogP contribution in [0.3, 0.4) is 0 Å². The largest absolute Gasteiger partial charge is 0.441 e. The number of likely N-dealkylation sites (N-methyl/N-ethyl adjacent to an activating group) is 2. The Balaban J connectivity index is 1.96. The molecule has 0 atom stereocenters. The minimum atomic E-state index is -0.712. The summed E-state index contributed by atoms with van der Waals surface area (Å²) in [4.78, 5) is 17.6. The molecule has 23 heavy (non-hydrogen) atoms. The van der Waals surface area contributed by atoms with E-state index in [1.807, 2.05) is 7.05 Å². The maximum absolute atomic E-state index is 13.7. The highest BCUT2D eigenvalue weighted by Gasteiger charge is 2.14. The molecular weight excluding hydrogens is 304 g/mol. The van der Waals surface area contributed by atoms with Gasteiger partial charge >= 0.3 is 0 Å². The lowest BCUT2D eigenvalue weighted by molar-refractivity contribution is -0.129. The third-order valence-corrected chi connectivity index (χ3v) is 3.43. The number of benzene rings is 1. The van der Waals surface area contributed by atoms with Gasteiger partial charge in [0.2, 0.25) is 5.91 Å². The minimum Gasteiger partial charge on any atom is -0.441 e. The summed E-state index contributed by atoms with van der Waals surface area (Å²) in [7, 11) is 3.55. The highest BCUT2D eigenvalue weighted by atomic mass is 19.1. The summed E-state index contributed by atoms with van der Waals surface area (Å²) in [5.74, 6) is -0.822. The third kappa shape index (κ3) is 4.59. The van der Waals surface area contributed by atoms with Crippen molar-refractivity contribution in [1.82, 2.24) is 15.2 Å². The molecular formula is C16H19F2N3O2. The maximum Gasteiger partial charge on any atom is 0.222 e. The van der Waals surface area contributed by atoms with Crippen molar-refractivity contribution >= 4 is 5.91 Å². The van der Waals surface area contributed by atoms with Crippen LogP contribution in [0.15, 0.2) is 28.8 Å². The van der Waals surface area contributed by atoms with E-state index in [1.165, 1.54) is 12.3 Å². The number of carbonyl (C=O) groups is 1. The number of hydrogen-bond donors (Lipinski definition) is 1. The van der Waals surface area contributed by atoms with Crippen molar-refractivity contribution < 1.29 is 18.0 Å². The van der Waals surface area contributed by atoms with E-state index >= 15 is 0 Å². The average molecular weight is 323 g/mol. The number of aryl methyl sites for hydroxylation is 1. The first-order valence-electron chi connectivity index (χ1n) is 7.30. The SMILES string of the molecule is CNCCN(C)C(=O)CCc1ncc(-c2ccc(F)cc2F)o1. The Kier molecular flexibility index (Phi) is 5.81. The van der Waals surface area contributed by atoms with Gasteiger partial charge in [0.1, 0.15) is 11.6 Å². The molecule has 0 unspecified atom stereocenters. The van der Waals surface area contributed by atoms with E-state index in [9.17, 15) is 13.6 Å². The van der Waals surface area contributed by atoms with Gasteiger partial charge in [0.05, 0.1) is 11.8 Å². The molecule has 2 aromatic rings. The quantitative estimate of drug-likeness (QED) is 0.849. The van der Waals surface area contributed by atoms with Gasteiger partial charge in [-0.1, -0.05) is 0 Å². The number of halogens is 2. The van der Waals surface area contributed by atoms with Crippen LogP contribution in [0.1, 0.15) is 12.3 Å². The molecule has 1 N–H and O–H groups in total. The summed E-state index contributed by atoms with van der Waals surface area (Å²) in [5.41, 5.74) is 0.141. The Morgan fingerprint density at radius 2 is 2.17 bits per heavy atom. The van der Waals surface area contributed by atoms with Crippen molar-refractivity contribution in [1.29, 1.82) is 0 Å². The van der Waals surface area contributed by atoms with Crippen LogP contribution >= 0.6 is 0 Å². The van der Waals surface area contributed by atoms with Crippen molar-refractivity contribution in [3.05, 3.63) is 41.9 Å². The Bertz CT molecular complexity index is 673. The van der Waals surface area contributed by atoms with Gasteiger partial charge in [-0.2, -0.15) is 0 Å². The predicted molar refractivity (Wildman–Crippen MR) is 81.7 cm³/mol. The van der Waals surface area contributed by atoms with E-state index in [-0.39, 0.29) is 23.7 Å². The van der Waals surface area contributed by atoms with E-state index in [4.69, 9.17) is 4.42 Å². The number of nitrogens with zero attached hydrogens (tertiary/aromatic N) is 2. The third-order valence-electron chi connectivity index (χ3n) is 3.43. The Hall–Kier alpha value is -2.28. The Morgan fingerprint density at radius 3 is 2.87 bits per heavy atom. The smallest absolute Gasteiger partial charge is 0.222 e. The van der Waals surface area contributed by atoms with Crippen LogP contribution in [0.2, 0.25) is 0 Å². The van der Waals surface area contributed by atoms with Crippen molar-refractivity contribution in [3.63, 3.8) is 0 Å². The first-order valence-corrected chi connectivity index (χ1v) is 7.30.